The normalized spacial score (nSPS) is 12.7. The second-order valence-corrected chi connectivity index (χ2v) is 3.37. The van der Waals surface area contributed by atoms with Gasteiger partial charge in [0.25, 0.3) is 0 Å². The second-order valence-electron chi connectivity index (χ2n) is 3.37. The van der Waals surface area contributed by atoms with E-state index in [4.69, 9.17) is 5.11 Å². The fourth-order valence-electron chi connectivity index (χ4n) is 0.821. The van der Waals surface area contributed by atoms with Crippen LogP contribution in [0.1, 0.15) is 13.8 Å². The van der Waals surface area contributed by atoms with E-state index in [0.717, 1.165) is 13.8 Å². The van der Waals surface area contributed by atoms with Crippen LogP contribution >= 0.6 is 0 Å². The van der Waals surface area contributed by atoms with E-state index in [1.54, 1.807) is 0 Å². The minimum Gasteiger partial charge on any atom is -0.480 e. The van der Waals surface area contributed by atoms with Gasteiger partial charge in [0, 0.05) is 0 Å². The van der Waals surface area contributed by atoms with Crippen LogP contribution in [0.15, 0.2) is 12.7 Å². The first kappa shape index (κ1) is 13.4. The smallest absolute Gasteiger partial charge is 0.408 e. The molecule has 0 aromatic rings. The lowest BCUT2D eigenvalue weighted by molar-refractivity contribution is -0.142. The van der Waals surface area contributed by atoms with Crippen LogP contribution in [-0.2, 0) is 9.53 Å². The number of carbonyl (C=O) groups is 2. The van der Waals surface area contributed by atoms with Crippen LogP contribution in [0, 0.1) is 0 Å². The monoisotopic (exact) mass is 219 g/mol. The maximum atomic E-state index is 13.3. The largest absolute Gasteiger partial charge is 0.480 e. The molecule has 0 fully saturated rings. The number of alkyl halides is 1. The van der Waals surface area contributed by atoms with Gasteiger partial charge in [-0.1, -0.05) is 12.7 Å². The molecule has 0 aliphatic carbocycles. The third-order valence-electron chi connectivity index (χ3n) is 1.53. The summed E-state index contributed by atoms with van der Waals surface area (Å²) in [5.74, 6) is -1.46. The van der Waals surface area contributed by atoms with Crippen molar-refractivity contribution in [3.63, 3.8) is 0 Å². The van der Waals surface area contributed by atoms with E-state index < -0.39 is 23.8 Å². The van der Waals surface area contributed by atoms with Crippen molar-refractivity contribution >= 4 is 12.1 Å². The zero-order chi connectivity index (χ0) is 12.1. The van der Waals surface area contributed by atoms with E-state index in [-0.39, 0.29) is 6.61 Å². The quantitative estimate of drug-likeness (QED) is 0.679. The average Bonchev–Trinajstić information content (AvgIpc) is 2.08. The highest BCUT2D eigenvalue weighted by molar-refractivity contribution is 5.81. The van der Waals surface area contributed by atoms with Gasteiger partial charge in [0.05, 0.1) is 0 Å². The number of alkyl carbamates (subject to hydrolysis) is 1. The molecular formula is C9H14FNO4. The second kappa shape index (κ2) is 5.33. The molecule has 0 aliphatic rings. The third kappa shape index (κ3) is 4.99. The van der Waals surface area contributed by atoms with E-state index in [1.165, 1.54) is 6.08 Å². The number of halogens is 1. The molecule has 0 unspecified atom stereocenters. The van der Waals surface area contributed by atoms with Crippen molar-refractivity contribution < 1.29 is 23.8 Å². The summed E-state index contributed by atoms with van der Waals surface area (Å²) in [4.78, 5) is 21.6. The predicted molar refractivity (Wildman–Crippen MR) is 51.3 cm³/mol. The lowest BCUT2D eigenvalue weighted by Crippen LogP contribution is -2.52. The molecule has 0 bridgehead atoms. The Balaban J connectivity index is 4.37. The summed E-state index contributed by atoms with van der Waals surface area (Å²) in [6.07, 6.45) is 0.323. The van der Waals surface area contributed by atoms with E-state index in [9.17, 15) is 14.0 Å². The van der Waals surface area contributed by atoms with Crippen LogP contribution in [0.4, 0.5) is 9.18 Å². The van der Waals surface area contributed by atoms with Gasteiger partial charge in [-0.05, 0) is 13.8 Å². The molecule has 1 amide bonds. The molecular weight excluding hydrogens is 205 g/mol. The first-order chi connectivity index (χ1) is 6.79. The van der Waals surface area contributed by atoms with Crippen molar-refractivity contribution in [3.05, 3.63) is 12.7 Å². The molecule has 0 aromatic heterocycles. The van der Waals surface area contributed by atoms with Crippen LogP contribution in [0.5, 0.6) is 0 Å². The number of hydrogen-bond acceptors (Lipinski definition) is 3. The molecule has 0 aliphatic heterocycles. The standard InChI is InChI=1S/C9H14FNO4/c1-4-5-15-8(14)11-6(7(12)13)9(2,3)10/h4,6H,1,5H2,2-3H3,(H,11,14)(H,12,13)/t6-/m1/s1. The Labute approximate surface area is 86.9 Å². The Morgan fingerprint density at radius 1 is 1.67 bits per heavy atom. The summed E-state index contributed by atoms with van der Waals surface area (Å²) >= 11 is 0. The van der Waals surface area contributed by atoms with Crippen LogP contribution in [0.25, 0.3) is 0 Å². The minimum absolute atomic E-state index is 0.0646. The summed E-state index contributed by atoms with van der Waals surface area (Å²) in [6, 6.07) is -1.64. The highest BCUT2D eigenvalue weighted by atomic mass is 19.1. The van der Waals surface area contributed by atoms with Gasteiger partial charge in [-0.25, -0.2) is 14.0 Å². The first-order valence-corrected chi connectivity index (χ1v) is 4.25. The van der Waals surface area contributed by atoms with Gasteiger partial charge in [-0.15, -0.1) is 0 Å². The van der Waals surface area contributed by atoms with Crippen molar-refractivity contribution in [2.45, 2.75) is 25.6 Å². The molecule has 1 atom stereocenters. The number of ether oxygens (including phenoxy) is 1. The number of hydrogen-bond donors (Lipinski definition) is 2. The third-order valence-corrected chi connectivity index (χ3v) is 1.53. The topological polar surface area (TPSA) is 75.6 Å². The zero-order valence-electron chi connectivity index (χ0n) is 8.62. The molecule has 0 rings (SSSR count). The van der Waals surface area contributed by atoms with Crippen molar-refractivity contribution in [1.82, 2.24) is 5.32 Å². The SMILES string of the molecule is C=CCOC(=O)N[C@H](C(=O)O)C(C)(C)F. The van der Waals surface area contributed by atoms with E-state index >= 15 is 0 Å². The molecule has 0 aromatic carbocycles. The van der Waals surface area contributed by atoms with Gasteiger partial charge in [-0.2, -0.15) is 0 Å². The van der Waals surface area contributed by atoms with E-state index in [1.807, 2.05) is 5.32 Å². The molecule has 5 nitrogen and oxygen atoms in total. The van der Waals surface area contributed by atoms with Crippen LogP contribution < -0.4 is 5.32 Å². The Hall–Kier alpha value is -1.59. The summed E-state index contributed by atoms with van der Waals surface area (Å²) < 4.78 is 17.8. The molecule has 0 heterocycles. The fraction of sp³-hybridized carbons (Fsp3) is 0.556. The lowest BCUT2D eigenvalue weighted by atomic mass is 10.0. The molecule has 86 valence electrons. The molecule has 0 radical (unpaired) electrons. The van der Waals surface area contributed by atoms with Crippen LogP contribution in [0.3, 0.4) is 0 Å². The summed E-state index contributed by atoms with van der Waals surface area (Å²) in [7, 11) is 0. The molecule has 2 N–H and O–H groups in total. The van der Waals surface area contributed by atoms with Crippen molar-refractivity contribution in [1.29, 1.82) is 0 Å². The highest BCUT2D eigenvalue weighted by Gasteiger charge is 2.37. The van der Waals surface area contributed by atoms with Crippen molar-refractivity contribution in [3.8, 4) is 0 Å². The van der Waals surface area contributed by atoms with Crippen molar-refractivity contribution in [2.75, 3.05) is 6.61 Å². The predicted octanol–water partition coefficient (Wildman–Crippen LogP) is 1.10. The number of rotatable bonds is 5. The van der Waals surface area contributed by atoms with Gasteiger partial charge < -0.3 is 15.2 Å². The Morgan fingerprint density at radius 2 is 2.20 bits per heavy atom. The number of nitrogens with one attached hydrogen (secondary N) is 1. The Kier molecular flexibility index (Phi) is 4.77. The van der Waals surface area contributed by atoms with E-state index in [0.29, 0.717) is 0 Å². The van der Waals surface area contributed by atoms with Gasteiger partial charge >= 0.3 is 12.1 Å². The molecule has 15 heavy (non-hydrogen) atoms. The van der Waals surface area contributed by atoms with Gasteiger partial charge in [0.1, 0.15) is 12.3 Å². The minimum atomic E-state index is -2.07. The van der Waals surface area contributed by atoms with Crippen molar-refractivity contribution in [2.24, 2.45) is 0 Å². The zero-order valence-corrected chi connectivity index (χ0v) is 8.62. The fourth-order valence-corrected chi connectivity index (χ4v) is 0.821. The van der Waals surface area contributed by atoms with Gasteiger partial charge in [0.2, 0.25) is 0 Å². The Morgan fingerprint density at radius 3 is 2.53 bits per heavy atom. The maximum Gasteiger partial charge on any atom is 0.408 e. The molecule has 0 saturated carbocycles. The highest BCUT2D eigenvalue weighted by Crippen LogP contribution is 2.14. The molecule has 6 heteroatoms. The number of carboxylic acids is 1. The summed E-state index contributed by atoms with van der Waals surface area (Å²) in [5, 5.41) is 10.6. The first-order valence-electron chi connectivity index (χ1n) is 4.25. The average molecular weight is 219 g/mol. The Bertz CT molecular complexity index is 259. The van der Waals surface area contributed by atoms with Crippen LogP contribution in [0.2, 0.25) is 0 Å². The summed E-state index contributed by atoms with van der Waals surface area (Å²) in [5.41, 5.74) is -2.07. The number of carboxylic acid groups (broad SMARTS) is 1. The number of carbonyl (C=O) groups excluding carboxylic acids is 1. The maximum absolute atomic E-state index is 13.3. The number of aliphatic carboxylic acids is 1. The van der Waals surface area contributed by atoms with E-state index in [2.05, 4.69) is 11.3 Å². The summed E-state index contributed by atoms with van der Waals surface area (Å²) in [6.45, 7) is 5.35. The molecule has 0 spiro atoms. The molecule has 0 saturated heterocycles. The van der Waals surface area contributed by atoms with Gasteiger partial charge in [0.15, 0.2) is 6.04 Å². The number of amides is 1. The van der Waals surface area contributed by atoms with Crippen LogP contribution in [-0.4, -0.2) is 35.5 Å². The lowest BCUT2D eigenvalue weighted by Gasteiger charge is -2.23. The van der Waals surface area contributed by atoms with Gasteiger partial charge in [-0.3, -0.25) is 0 Å².